The van der Waals surface area contributed by atoms with Gasteiger partial charge in [-0.25, -0.2) is 4.68 Å². The standard InChI is InChI=1S/C26H38N6O3/c1-25(2,3)19-9-10-27-12-17(19)13-28-23(34)21-11-18(33)14-31(21)24(35)22(26(4,5)6)32-15-20(29-30-32)16-7-8-16/h9-10,12,15-16,18,21-22,33H,7-8,11,13-14H2,1-6H3,(H,28,34)/t18?,21?,22-/m1/s1. The summed E-state index contributed by atoms with van der Waals surface area (Å²) in [5.74, 6) is -0.0705. The molecule has 9 nitrogen and oxygen atoms in total. The normalized spacial score (nSPS) is 21.7. The lowest BCUT2D eigenvalue weighted by Crippen LogP contribution is -2.50. The van der Waals surface area contributed by atoms with Crippen LogP contribution in [0, 0.1) is 5.41 Å². The molecule has 190 valence electrons. The van der Waals surface area contributed by atoms with Crippen LogP contribution >= 0.6 is 0 Å². The molecule has 2 fully saturated rings. The van der Waals surface area contributed by atoms with E-state index in [4.69, 9.17) is 0 Å². The number of aliphatic hydroxyl groups excluding tert-OH is 1. The predicted octanol–water partition coefficient (Wildman–Crippen LogP) is 2.71. The maximum atomic E-state index is 13.8. The van der Waals surface area contributed by atoms with E-state index in [2.05, 4.69) is 41.4 Å². The lowest BCUT2D eigenvalue weighted by molar-refractivity contribution is -0.144. The van der Waals surface area contributed by atoms with Crippen molar-refractivity contribution in [3.8, 4) is 0 Å². The van der Waals surface area contributed by atoms with Crippen molar-refractivity contribution in [3.05, 3.63) is 41.5 Å². The smallest absolute Gasteiger partial charge is 0.248 e. The molecule has 1 aliphatic carbocycles. The first-order valence-electron chi connectivity index (χ1n) is 12.5. The molecule has 0 aromatic carbocycles. The van der Waals surface area contributed by atoms with Crippen molar-refractivity contribution in [1.29, 1.82) is 0 Å². The molecule has 0 spiro atoms. The average molecular weight is 483 g/mol. The molecule has 2 aromatic heterocycles. The highest BCUT2D eigenvalue weighted by molar-refractivity contribution is 5.90. The highest BCUT2D eigenvalue weighted by Crippen LogP contribution is 2.40. The van der Waals surface area contributed by atoms with Crippen molar-refractivity contribution in [2.75, 3.05) is 6.54 Å². The van der Waals surface area contributed by atoms with E-state index in [1.54, 1.807) is 17.1 Å². The molecule has 2 amide bonds. The number of hydrogen-bond donors (Lipinski definition) is 2. The number of amides is 2. The average Bonchev–Trinajstić information content (AvgIpc) is 3.38. The Bertz CT molecular complexity index is 1080. The summed E-state index contributed by atoms with van der Waals surface area (Å²) in [6.45, 7) is 12.7. The zero-order chi connectivity index (χ0) is 25.5. The first kappa shape index (κ1) is 25.3. The molecule has 4 rings (SSSR count). The Balaban J connectivity index is 1.52. The van der Waals surface area contributed by atoms with Crippen LogP contribution in [0.25, 0.3) is 0 Å². The van der Waals surface area contributed by atoms with E-state index in [0.717, 1.165) is 29.7 Å². The largest absolute Gasteiger partial charge is 0.391 e. The maximum Gasteiger partial charge on any atom is 0.248 e. The number of nitrogens with zero attached hydrogens (tertiary/aromatic N) is 5. The van der Waals surface area contributed by atoms with Gasteiger partial charge in [-0.15, -0.1) is 5.10 Å². The van der Waals surface area contributed by atoms with E-state index in [1.165, 1.54) is 4.90 Å². The summed E-state index contributed by atoms with van der Waals surface area (Å²) in [6.07, 6.45) is 7.04. The highest BCUT2D eigenvalue weighted by Gasteiger charge is 2.45. The van der Waals surface area contributed by atoms with Crippen LogP contribution in [-0.4, -0.2) is 60.5 Å². The van der Waals surface area contributed by atoms with Crippen molar-refractivity contribution < 1.29 is 14.7 Å². The zero-order valence-electron chi connectivity index (χ0n) is 21.7. The Labute approximate surface area is 207 Å². The van der Waals surface area contributed by atoms with E-state index >= 15 is 0 Å². The molecule has 2 N–H and O–H groups in total. The third kappa shape index (κ3) is 5.55. The minimum Gasteiger partial charge on any atom is -0.391 e. The second-order valence-electron chi connectivity index (χ2n) is 12.1. The van der Waals surface area contributed by atoms with Gasteiger partial charge >= 0.3 is 0 Å². The molecule has 9 heteroatoms. The van der Waals surface area contributed by atoms with Crippen molar-refractivity contribution in [3.63, 3.8) is 0 Å². The van der Waals surface area contributed by atoms with Crippen LogP contribution in [0.5, 0.6) is 0 Å². The Hall–Kier alpha value is -2.81. The second kappa shape index (κ2) is 9.33. The first-order chi connectivity index (χ1) is 16.4. The van der Waals surface area contributed by atoms with Gasteiger partial charge in [-0.3, -0.25) is 14.6 Å². The van der Waals surface area contributed by atoms with Crippen LogP contribution in [0.2, 0.25) is 0 Å². The topological polar surface area (TPSA) is 113 Å². The molecule has 2 aliphatic rings. The van der Waals surface area contributed by atoms with Gasteiger partial charge in [-0.05, 0) is 40.9 Å². The molecule has 2 unspecified atom stereocenters. The SMILES string of the molecule is CC(C)(C)c1ccncc1CNC(=O)C1CC(O)CN1C(=O)[C@@H](n1cc(C2CC2)nn1)C(C)(C)C. The van der Waals surface area contributed by atoms with Crippen LogP contribution in [0.15, 0.2) is 24.7 Å². The number of hydrogen-bond acceptors (Lipinski definition) is 6. The van der Waals surface area contributed by atoms with Crippen LogP contribution < -0.4 is 5.32 Å². The fourth-order valence-electron chi connectivity index (χ4n) is 4.93. The van der Waals surface area contributed by atoms with Gasteiger partial charge < -0.3 is 15.3 Å². The third-order valence-corrected chi connectivity index (χ3v) is 6.87. The summed E-state index contributed by atoms with van der Waals surface area (Å²) in [4.78, 5) is 32.9. The van der Waals surface area contributed by atoms with E-state index in [-0.39, 0.29) is 30.2 Å². The lowest BCUT2D eigenvalue weighted by atomic mass is 9.84. The summed E-state index contributed by atoms with van der Waals surface area (Å²) in [5, 5.41) is 22.0. The molecule has 2 aromatic rings. The molecule has 35 heavy (non-hydrogen) atoms. The number of carbonyl (C=O) groups is 2. The second-order valence-corrected chi connectivity index (χ2v) is 12.1. The molecule has 3 heterocycles. The summed E-state index contributed by atoms with van der Waals surface area (Å²) >= 11 is 0. The number of nitrogens with one attached hydrogen (secondary N) is 1. The van der Waals surface area contributed by atoms with Gasteiger partial charge in [0, 0.05) is 44.0 Å². The van der Waals surface area contributed by atoms with Crippen molar-refractivity contribution in [2.24, 2.45) is 5.41 Å². The quantitative estimate of drug-likeness (QED) is 0.655. The molecule has 1 saturated heterocycles. The van der Waals surface area contributed by atoms with Gasteiger partial charge in [0.1, 0.15) is 12.1 Å². The van der Waals surface area contributed by atoms with Crippen molar-refractivity contribution >= 4 is 11.8 Å². The number of rotatable bonds is 6. The number of β-amino-alcohol motifs (C(OH)–C–C–N with tert-alkyl or cyclic N) is 1. The van der Waals surface area contributed by atoms with Crippen molar-refractivity contribution in [1.82, 2.24) is 30.2 Å². The minimum atomic E-state index is -0.753. The molecule has 0 bridgehead atoms. The maximum absolute atomic E-state index is 13.8. The lowest BCUT2D eigenvalue weighted by Gasteiger charge is -2.34. The predicted molar refractivity (Wildman–Crippen MR) is 131 cm³/mol. The number of carbonyl (C=O) groups excluding carboxylic acids is 2. The zero-order valence-corrected chi connectivity index (χ0v) is 21.7. The van der Waals surface area contributed by atoms with Gasteiger partial charge in [0.2, 0.25) is 11.8 Å². The van der Waals surface area contributed by atoms with Gasteiger partial charge in [-0.2, -0.15) is 0 Å². The van der Waals surface area contributed by atoms with Crippen LogP contribution in [-0.2, 0) is 21.5 Å². The molecule has 3 atom stereocenters. The summed E-state index contributed by atoms with van der Waals surface area (Å²) in [5.41, 5.74) is 2.41. The highest BCUT2D eigenvalue weighted by atomic mass is 16.3. The number of pyridine rings is 1. The van der Waals surface area contributed by atoms with Crippen LogP contribution in [0.4, 0.5) is 0 Å². The fourth-order valence-corrected chi connectivity index (χ4v) is 4.93. The number of aliphatic hydroxyl groups is 1. The fraction of sp³-hybridized carbons (Fsp3) is 0.654. The Morgan fingerprint density at radius 2 is 1.91 bits per heavy atom. The Kier molecular flexibility index (Phi) is 6.74. The van der Waals surface area contributed by atoms with E-state index in [0.29, 0.717) is 12.5 Å². The van der Waals surface area contributed by atoms with Crippen LogP contribution in [0.3, 0.4) is 0 Å². The van der Waals surface area contributed by atoms with Gasteiger partial charge in [0.15, 0.2) is 0 Å². The Morgan fingerprint density at radius 1 is 1.20 bits per heavy atom. The summed E-state index contributed by atoms with van der Waals surface area (Å²) < 4.78 is 1.64. The molecular formula is C26H38N6O3. The third-order valence-electron chi connectivity index (χ3n) is 6.87. The van der Waals surface area contributed by atoms with E-state index in [1.807, 2.05) is 33.0 Å². The summed E-state index contributed by atoms with van der Waals surface area (Å²) in [6, 6.07) is 0.593. The molecular weight excluding hydrogens is 444 g/mol. The van der Waals surface area contributed by atoms with Gasteiger partial charge in [0.25, 0.3) is 0 Å². The monoisotopic (exact) mass is 482 g/mol. The Morgan fingerprint density at radius 3 is 2.54 bits per heavy atom. The van der Waals surface area contributed by atoms with Gasteiger partial charge in [0.05, 0.1) is 11.8 Å². The van der Waals surface area contributed by atoms with Gasteiger partial charge in [-0.1, -0.05) is 46.8 Å². The minimum absolute atomic E-state index is 0.0917. The number of likely N-dealkylation sites (tertiary alicyclic amines) is 1. The number of aromatic nitrogens is 4. The van der Waals surface area contributed by atoms with E-state index in [9.17, 15) is 14.7 Å². The molecule has 0 radical (unpaired) electrons. The summed E-state index contributed by atoms with van der Waals surface area (Å²) in [7, 11) is 0. The molecule has 1 aliphatic heterocycles. The van der Waals surface area contributed by atoms with Crippen LogP contribution in [0.1, 0.15) is 89.6 Å². The van der Waals surface area contributed by atoms with Crippen molar-refractivity contribution in [2.45, 2.75) is 96.9 Å². The van der Waals surface area contributed by atoms with E-state index < -0.39 is 23.6 Å². The first-order valence-corrected chi connectivity index (χ1v) is 12.5. The molecule has 1 saturated carbocycles.